The molecule has 4 heteroatoms. The molecule has 0 saturated carbocycles. The maximum Gasteiger partial charge on any atom is 0.252 e. The fourth-order valence-corrected chi connectivity index (χ4v) is 17.5. The first-order valence-corrected chi connectivity index (χ1v) is 27.0. The first-order chi connectivity index (χ1) is 34.0. The summed E-state index contributed by atoms with van der Waals surface area (Å²) in [6.45, 7) is 13.9. The Morgan fingerprint density at radius 1 is 0.371 bits per heavy atom. The number of hydrogen-bond donors (Lipinski definition) is 0. The van der Waals surface area contributed by atoms with E-state index in [4.69, 9.17) is 0 Å². The van der Waals surface area contributed by atoms with E-state index < -0.39 is 8.07 Å². The SMILES string of the molecule is CC(C)(C)c1ccc(N2c3cc4c(cc3B3c5cc(C(C)(C)C)ccc5N(c5ccccc5)c5cc(-c6cccc7ccccc67)cc2c53)-c2ccccc2[Si]4(c2ccccc2)c2ccccc2)cc1. The Balaban J connectivity index is 1.20. The van der Waals surface area contributed by atoms with Crippen molar-refractivity contribution in [3.8, 4) is 22.3 Å². The van der Waals surface area contributed by atoms with Crippen molar-refractivity contribution in [1.29, 1.82) is 0 Å². The molecule has 0 N–H and O–H groups in total. The number of fused-ring (bicyclic) bond motifs is 8. The van der Waals surface area contributed by atoms with Crippen LogP contribution in [-0.2, 0) is 10.8 Å². The highest BCUT2D eigenvalue weighted by atomic mass is 28.3. The highest BCUT2D eigenvalue weighted by Crippen LogP contribution is 2.48. The smallest absolute Gasteiger partial charge is 0.252 e. The Morgan fingerprint density at radius 2 is 0.900 bits per heavy atom. The lowest BCUT2D eigenvalue weighted by Gasteiger charge is -2.45. The van der Waals surface area contributed by atoms with Crippen LogP contribution in [0.5, 0.6) is 0 Å². The summed E-state index contributed by atoms with van der Waals surface area (Å²) < 4.78 is 0. The summed E-state index contributed by atoms with van der Waals surface area (Å²) in [6, 6.07) is 86.1. The molecule has 10 aromatic carbocycles. The van der Waals surface area contributed by atoms with Crippen molar-refractivity contribution in [2.45, 2.75) is 52.4 Å². The molecule has 10 aromatic rings. The maximum atomic E-state index is 2.67. The molecule has 0 saturated heterocycles. The molecule has 0 fully saturated rings. The van der Waals surface area contributed by atoms with Gasteiger partial charge in [-0.1, -0.05) is 217 Å². The van der Waals surface area contributed by atoms with E-state index in [2.05, 4.69) is 276 Å². The van der Waals surface area contributed by atoms with Gasteiger partial charge in [-0.05, 0) is 141 Å². The minimum Gasteiger partial charge on any atom is -0.311 e. The van der Waals surface area contributed by atoms with Crippen molar-refractivity contribution < 1.29 is 0 Å². The Bertz CT molecular complexity index is 3640. The van der Waals surface area contributed by atoms with E-state index in [0.29, 0.717) is 0 Å². The molecule has 0 aliphatic carbocycles. The monoisotopic (exact) mass is 914 g/mol. The molecule has 0 spiro atoms. The number of para-hydroxylation sites is 1. The number of hydrogen-bond acceptors (Lipinski definition) is 2. The lowest BCUT2D eigenvalue weighted by Crippen LogP contribution is -2.73. The van der Waals surface area contributed by atoms with Crippen LogP contribution in [0.2, 0.25) is 0 Å². The predicted octanol–water partition coefficient (Wildman–Crippen LogP) is 12.5. The highest BCUT2D eigenvalue weighted by molar-refractivity contribution is 7.22. The Kier molecular flexibility index (Phi) is 9.51. The van der Waals surface area contributed by atoms with Crippen molar-refractivity contribution in [2.24, 2.45) is 0 Å². The van der Waals surface area contributed by atoms with Gasteiger partial charge in [0.15, 0.2) is 8.07 Å². The van der Waals surface area contributed by atoms with Gasteiger partial charge >= 0.3 is 0 Å². The first-order valence-electron chi connectivity index (χ1n) is 25.0. The minimum atomic E-state index is -2.86. The van der Waals surface area contributed by atoms with Crippen molar-refractivity contribution in [3.05, 3.63) is 236 Å². The third-order valence-electron chi connectivity index (χ3n) is 15.6. The molecule has 0 aromatic heterocycles. The summed E-state index contributed by atoms with van der Waals surface area (Å²) >= 11 is 0. The number of benzene rings is 10. The third-order valence-corrected chi connectivity index (χ3v) is 20.5. The van der Waals surface area contributed by atoms with E-state index in [-0.39, 0.29) is 17.5 Å². The highest BCUT2D eigenvalue weighted by Gasteiger charge is 2.51. The van der Waals surface area contributed by atoms with Gasteiger partial charge in [-0.2, -0.15) is 0 Å². The Hall–Kier alpha value is -7.66. The molecule has 336 valence electrons. The zero-order valence-electron chi connectivity index (χ0n) is 40.8. The quantitative estimate of drug-likeness (QED) is 0.159. The summed E-state index contributed by atoms with van der Waals surface area (Å²) in [6.07, 6.45) is 0. The van der Waals surface area contributed by atoms with Gasteiger partial charge in [0.1, 0.15) is 0 Å². The van der Waals surface area contributed by atoms with Gasteiger partial charge < -0.3 is 9.80 Å². The van der Waals surface area contributed by atoms with E-state index in [1.165, 1.54) is 104 Å². The van der Waals surface area contributed by atoms with Crippen molar-refractivity contribution in [2.75, 3.05) is 9.80 Å². The lowest BCUT2D eigenvalue weighted by molar-refractivity contribution is 0.590. The van der Waals surface area contributed by atoms with Gasteiger partial charge in [0.2, 0.25) is 0 Å². The summed E-state index contributed by atoms with van der Waals surface area (Å²) in [7, 11) is -2.86. The molecule has 70 heavy (non-hydrogen) atoms. The number of rotatable bonds is 5. The van der Waals surface area contributed by atoms with E-state index >= 15 is 0 Å². The molecule has 0 bridgehead atoms. The fraction of sp³-hybridized carbons (Fsp3) is 0.121. The molecule has 0 radical (unpaired) electrons. The van der Waals surface area contributed by atoms with E-state index in [9.17, 15) is 0 Å². The van der Waals surface area contributed by atoms with Crippen LogP contribution < -0.4 is 46.9 Å². The van der Waals surface area contributed by atoms with Gasteiger partial charge in [0.05, 0.1) is 0 Å². The van der Waals surface area contributed by atoms with Gasteiger partial charge in [-0.3, -0.25) is 0 Å². The molecule has 0 unspecified atom stereocenters. The predicted molar refractivity (Wildman–Crippen MR) is 303 cm³/mol. The van der Waals surface area contributed by atoms with Gasteiger partial charge in [0, 0.05) is 34.1 Å². The van der Waals surface area contributed by atoms with Crippen LogP contribution in [0.15, 0.2) is 224 Å². The zero-order valence-corrected chi connectivity index (χ0v) is 41.8. The van der Waals surface area contributed by atoms with Gasteiger partial charge in [-0.25, -0.2) is 0 Å². The van der Waals surface area contributed by atoms with Crippen LogP contribution >= 0.6 is 0 Å². The van der Waals surface area contributed by atoms with Crippen LogP contribution in [0.1, 0.15) is 52.7 Å². The second kappa shape index (κ2) is 15.7. The Morgan fingerprint density at radius 3 is 1.57 bits per heavy atom. The lowest BCUT2D eigenvalue weighted by atomic mass is 9.33. The van der Waals surface area contributed by atoms with Crippen molar-refractivity contribution in [3.63, 3.8) is 0 Å². The standard InChI is InChI=1S/C66H55BN2Si/c1-65(2,3)46-33-36-49(37-34-46)69-59-43-63-55(54-30-18-19-32-62(54)70(63,50-25-12-8-13-26-50)51-27-14-9-15-28-51)42-57(59)67-56-41-47(66(4,5)6)35-38-58(56)68(48-23-10-7-11-24-48)60-39-45(40-61(69)64(60)67)53-31-20-22-44-21-16-17-29-52(44)53/h7-43H,1-6H3. The van der Waals surface area contributed by atoms with Crippen LogP contribution in [0.4, 0.5) is 34.1 Å². The summed E-state index contributed by atoms with van der Waals surface area (Å²) in [5.74, 6) is 0. The topological polar surface area (TPSA) is 6.48 Å². The summed E-state index contributed by atoms with van der Waals surface area (Å²) in [4.78, 5) is 5.20. The normalized spacial score (nSPS) is 14.2. The minimum absolute atomic E-state index is 0.00467. The van der Waals surface area contributed by atoms with Crippen LogP contribution in [0.3, 0.4) is 0 Å². The van der Waals surface area contributed by atoms with Gasteiger partial charge in [-0.15, -0.1) is 0 Å². The Labute approximate surface area is 414 Å². The molecule has 3 aliphatic rings. The van der Waals surface area contributed by atoms with Crippen LogP contribution in [0.25, 0.3) is 33.0 Å². The molecule has 3 heterocycles. The third kappa shape index (κ3) is 6.32. The largest absolute Gasteiger partial charge is 0.311 e. The number of nitrogens with zero attached hydrogens (tertiary/aromatic N) is 2. The first kappa shape index (κ1) is 42.4. The average molecular weight is 915 g/mol. The average Bonchev–Trinajstić information content (AvgIpc) is 3.67. The van der Waals surface area contributed by atoms with E-state index in [0.717, 1.165) is 11.4 Å². The molecule has 2 nitrogen and oxygen atoms in total. The molecule has 0 atom stereocenters. The molecule has 0 amide bonds. The molecular formula is C66H55BN2Si. The summed E-state index contributed by atoms with van der Waals surface area (Å²) in [5, 5.41) is 8.20. The molecular weight excluding hydrogens is 860 g/mol. The van der Waals surface area contributed by atoms with Crippen molar-refractivity contribution in [1.82, 2.24) is 0 Å². The second-order valence-corrected chi connectivity index (χ2v) is 25.4. The van der Waals surface area contributed by atoms with Crippen LogP contribution in [-0.4, -0.2) is 14.8 Å². The molecule has 3 aliphatic heterocycles. The maximum absolute atomic E-state index is 2.86. The number of anilines is 6. The second-order valence-electron chi connectivity index (χ2n) is 21.7. The van der Waals surface area contributed by atoms with Crippen LogP contribution in [0, 0.1) is 0 Å². The molecule has 13 rings (SSSR count). The van der Waals surface area contributed by atoms with E-state index in [1.807, 2.05) is 0 Å². The van der Waals surface area contributed by atoms with E-state index in [1.54, 1.807) is 0 Å². The zero-order chi connectivity index (χ0) is 47.5. The fourth-order valence-electron chi connectivity index (χ4n) is 12.3. The van der Waals surface area contributed by atoms with Crippen molar-refractivity contribution >= 4 is 96.8 Å². The van der Waals surface area contributed by atoms with Gasteiger partial charge in [0.25, 0.3) is 6.71 Å². The summed E-state index contributed by atoms with van der Waals surface area (Å²) in [5.41, 5.74) is 19.0.